The Bertz CT molecular complexity index is 644. The van der Waals surface area contributed by atoms with E-state index < -0.39 is 29.7 Å². The minimum Gasteiger partial charge on any atom is -0.343 e. The van der Waals surface area contributed by atoms with Crippen LogP contribution in [-0.2, 0) is 16.0 Å². The molecule has 2 unspecified atom stereocenters. The number of halogens is 2. The third-order valence-electron chi connectivity index (χ3n) is 5.44. The highest BCUT2D eigenvalue weighted by molar-refractivity contribution is 5.92. The van der Waals surface area contributed by atoms with Crippen molar-refractivity contribution in [2.75, 3.05) is 13.1 Å². The molecule has 136 valence electrons. The molecule has 1 saturated heterocycles. The number of rotatable bonds is 6. The number of benzene rings is 1. The lowest BCUT2D eigenvalue weighted by molar-refractivity contribution is -0.138. The van der Waals surface area contributed by atoms with Crippen molar-refractivity contribution < 1.29 is 18.4 Å². The maximum atomic E-state index is 13.7. The van der Waals surface area contributed by atoms with Crippen molar-refractivity contribution in [3.05, 3.63) is 35.9 Å². The molecule has 1 aliphatic heterocycles. The summed E-state index contributed by atoms with van der Waals surface area (Å²) in [5.41, 5.74) is -0.749. The van der Waals surface area contributed by atoms with Gasteiger partial charge < -0.3 is 10.2 Å². The third kappa shape index (κ3) is 3.39. The third-order valence-corrected chi connectivity index (χ3v) is 5.44. The molecule has 1 saturated carbocycles. The van der Waals surface area contributed by atoms with Gasteiger partial charge in [-0.05, 0) is 24.8 Å². The number of nitrogens with zero attached hydrogens (tertiary/aromatic N) is 1. The van der Waals surface area contributed by atoms with E-state index in [0.717, 1.165) is 18.4 Å². The zero-order valence-electron chi connectivity index (χ0n) is 14.4. The van der Waals surface area contributed by atoms with Gasteiger partial charge in [-0.1, -0.05) is 37.3 Å². The molecule has 2 atom stereocenters. The van der Waals surface area contributed by atoms with Gasteiger partial charge in [0.2, 0.25) is 11.8 Å². The average Bonchev–Trinajstić information content (AvgIpc) is 2.96. The molecular formula is C19H24F2N2O2. The van der Waals surface area contributed by atoms with Crippen molar-refractivity contribution >= 4 is 11.8 Å². The molecule has 1 N–H and O–H groups in total. The Hall–Kier alpha value is -1.98. The fourth-order valence-corrected chi connectivity index (χ4v) is 3.63. The van der Waals surface area contributed by atoms with Crippen LogP contribution in [0.3, 0.4) is 0 Å². The smallest absolute Gasteiger partial charge is 0.263 e. The van der Waals surface area contributed by atoms with Gasteiger partial charge in [0.25, 0.3) is 5.92 Å². The van der Waals surface area contributed by atoms with Gasteiger partial charge in [-0.15, -0.1) is 0 Å². The Balaban J connectivity index is 1.76. The number of alkyl halides is 2. The molecule has 4 nitrogen and oxygen atoms in total. The van der Waals surface area contributed by atoms with Gasteiger partial charge in [-0.25, -0.2) is 8.78 Å². The molecule has 0 spiro atoms. The normalized spacial score (nSPS) is 25.5. The maximum Gasteiger partial charge on any atom is 0.263 e. The largest absolute Gasteiger partial charge is 0.343 e. The second-order valence-electron chi connectivity index (χ2n) is 7.07. The molecule has 1 aromatic rings. The van der Waals surface area contributed by atoms with Crippen LogP contribution in [0.5, 0.6) is 0 Å². The second kappa shape index (κ2) is 6.73. The fourth-order valence-electron chi connectivity index (χ4n) is 3.63. The average molecular weight is 350 g/mol. The van der Waals surface area contributed by atoms with Crippen LogP contribution >= 0.6 is 0 Å². The molecule has 6 heteroatoms. The molecule has 1 aromatic carbocycles. The standard InChI is InChI=1S/C19H24F2N2O2/c1-2-18(13-19(18,20)21)17(25)22-15(12-14-8-4-3-5-9-14)16(24)23-10-6-7-11-23/h3-5,8-9,15H,2,6-7,10-13H2,1H3,(H,22,25). The van der Waals surface area contributed by atoms with Crippen molar-refractivity contribution in [2.24, 2.45) is 5.41 Å². The number of carbonyl (C=O) groups excluding carboxylic acids is 2. The fraction of sp³-hybridized carbons (Fsp3) is 0.579. The Labute approximate surface area is 146 Å². The van der Waals surface area contributed by atoms with E-state index in [1.807, 2.05) is 30.3 Å². The number of nitrogens with one attached hydrogen (secondary N) is 1. The molecule has 0 aromatic heterocycles. The quantitative estimate of drug-likeness (QED) is 0.858. The lowest BCUT2D eigenvalue weighted by atomic mass is 9.99. The summed E-state index contributed by atoms with van der Waals surface area (Å²) in [4.78, 5) is 27.1. The van der Waals surface area contributed by atoms with E-state index in [1.165, 1.54) is 0 Å². The van der Waals surface area contributed by atoms with E-state index in [9.17, 15) is 18.4 Å². The minimum atomic E-state index is -2.97. The van der Waals surface area contributed by atoms with Gasteiger partial charge in [0, 0.05) is 25.9 Å². The molecule has 1 heterocycles. The van der Waals surface area contributed by atoms with E-state index in [2.05, 4.69) is 5.32 Å². The highest BCUT2D eigenvalue weighted by Gasteiger charge is 2.74. The minimum absolute atomic E-state index is 0.0712. The lowest BCUT2D eigenvalue weighted by Crippen LogP contribution is -2.51. The van der Waals surface area contributed by atoms with Crippen LogP contribution in [-0.4, -0.2) is 41.8 Å². The number of likely N-dealkylation sites (tertiary alicyclic amines) is 1. The van der Waals surface area contributed by atoms with Crippen molar-refractivity contribution in [1.82, 2.24) is 10.2 Å². The lowest BCUT2D eigenvalue weighted by Gasteiger charge is -2.26. The SMILES string of the molecule is CCC1(C(=O)NC(Cc2ccccc2)C(=O)N2CCCC2)CC1(F)F. The van der Waals surface area contributed by atoms with E-state index in [4.69, 9.17) is 0 Å². The van der Waals surface area contributed by atoms with Crippen molar-refractivity contribution in [3.63, 3.8) is 0 Å². The molecular weight excluding hydrogens is 326 g/mol. The predicted octanol–water partition coefficient (Wildman–Crippen LogP) is 2.77. The van der Waals surface area contributed by atoms with Gasteiger partial charge in [0.1, 0.15) is 11.5 Å². The van der Waals surface area contributed by atoms with Crippen LogP contribution < -0.4 is 5.32 Å². The zero-order valence-corrected chi connectivity index (χ0v) is 14.4. The summed E-state index contributed by atoms with van der Waals surface area (Å²) in [7, 11) is 0. The molecule has 1 aliphatic carbocycles. The van der Waals surface area contributed by atoms with Crippen molar-refractivity contribution in [2.45, 2.75) is 51.0 Å². The Kier molecular flexibility index (Phi) is 4.80. The molecule has 2 aliphatic rings. The molecule has 2 fully saturated rings. The van der Waals surface area contributed by atoms with Gasteiger partial charge in [-0.2, -0.15) is 0 Å². The van der Waals surface area contributed by atoms with E-state index in [-0.39, 0.29) is 12.3 Å². The Morgan fingerprint density at radius 2 is 1.80 bits per heavy atom. The first-order valence-electron chi connectivity index (χ1n) is 8.91. The molecule has 0 bridgehead atoms. The van der Waals surface area contributed by atoms with Gasteiger partial charge in [0.15, 0.2) is 0 Å². The Morgan fingerprint density at radius 3 is 2.32 bits per heavy atom. The summed E-state index contributed by atoms with van der Waals surface area (Å²) in [5, 5.41) is 2.64. The molecule has 3 rings (SSSR count). The molecule has 2 amide bonds. The topological polar surface area (TPSA) is 49.4 Å². The summed E-state index contributed by atoms with van der Waals surface area (Å²) >= 11 is 0. The number of hydrogen-bond acceptors (Lipinski definition) is 2. The summed E-state index contributed by atoms with van der Waals surface area (Å²) in [6, 6.07) is 8.53. The van der Waals surface area contributed by atoms with Gasteiger partial charge in [-0.3, -0.25) is 9.59 Å². The van der Waals surface area contributed by atoms with E-state index in [0.29, 0.717) is 19.5 Å². The predicted molar refractivity (Wildman–Crippen MR) is 90.2 cm³/mol. The zero-order chi connectivity index (χ0) is 18.1. The first kappa shape index (κ1) is 17.8. The monoisotopic (exact) mass is 350 g/mol. The second-order valence-corrected chi connectivity index (χ2v) is 7.07. The summed E-state index contributed by atoms with van der Waals surface area (Å²) in [6.45, 7) is 2.92. The first-order valence-corrected chi connectivity index (χ1v) is 8.91. The summed E-state index contributed by atoms with van der Waals surface area (Å²) in [6.07, 6.45) is 1.83. The van der Waals surface area contributed by atoms with Crippen LogP contribution in [0.25, 0.3) is 0 Å². The van der Waals surface area contributed by atoms with E-state index in [1.54, 1.807) is 11.8 Å². The van der Waals surface area contributed by atoms with Gasteiger partial charge >= 0.3 is 0 Å². The van der Waals surface area contributed by atoms with Crippen LogP contribution in [0.2, 0.25) is 0 Å². The molecule has 25 heavy (non-hydrogen) atoms. The van der Waals surface area contributed by atoms with Crippen LogP contribution in [0.1, 0.15) is 38.2 Å². The highest BCUT2D eigenvalue weighted by Crippen LogP contribution is 2.62. The van der Waals surface area contributed by atoms with Crippen LogP contribution in [0.15, 0.2) is 30.3 Å². The van der Waals surface area contributed by atoms with Crippen molar-refractivity contribution in [3.8, 4) is 0 Å². The Morgan fingerprint density at radius 1 is 1.20 bits per heavy atom. The number of hydrogen-bond donors (Lipinski definition) is 1. The van der Waals surface area contributed by atoms with Crippen LogP contribution in [0.4, 0.5) is 8.78 Å². The van der Waals surface area contributed by atoms with Crippen molar-refractivity contribution in [1.29, 1.82) is 0 Å². The van der Waals surface area contributed by atoms with Crippen LogP contribution in [0, 0.1) is 5.41 Å². The highest BCUT2D eigenvalue weighted by atomic mass is 19.3. The number of carbonyl (C=O) groups is 2. The first-order chi connectivity index (χ1) is 11.9. The summed E-state index contributed by atoms with van der Waals surface area (Å²) in [5.74, 6) is -3.85. The summed E-state index contributed by atoms with van der Waals surface area (Å²) < 4.78 is 27.5. The van der Waals surface area contributed by atoms with Gasteiger partial charge in [0.05, 0.1) is 0 Å². The number of amides is 2. The van der Waals surface area contributed by atoms with E-state index >= 15 is 0 Å². The molecule has 0 radical (unpaired) electrons. The maximum absolute atomic E-state index is 13.7.